The first-order valence-electron chi connectivity index (χ1n) is 5.52. The lowest BCUT2D eigenvalue weighted by Crippen LogP contribution is -2.21. The first-order chi connectivity index (χ1) is 7.62. The van der Waals surface area contributed by atoms with E-state index in [1.807, 2.05) is 25.2 Å². The number of methoxy groups -OCH3 is 2. The molecular formula is C13H21NO2. The standard InChI is InChI=1S/C13H21NO2/c1-9(2)13(14-3)10-6-11(15-4)8-12(7-10)16-5/h6-9,13-14H,1-5H3. The molecule has 3 nitrogen and oxygen atoms in total. The molecule has 3 heteroatoms. The predicted octanol–water partition coefficient (Wildman–Crippen LogP) is 2.62. The van der Waals surface area contributed by atoms with Gasteiger partial charge in [0.1, 0.15) is 11.5 Å². The molecule has 0 aromatic heterocycles. The Labute approximate surface area is 97.8 Å². The lowest BCUT2D eigenvalue weighted by molar-refractivity contribution is 0.387. The number of rotatable bonds is 5. The van der Waals surface area contributed by atoms with Crippen LogP contribution in [-0.4, -0.2) is 21.3 Å². The molecule has 16 heavy (non-hydrogen) atoms. The van der Waals surface area contributed by atoms with Gasteiger partial charge in [-0.1, -0.05) is 13.8 Å². The maximum atomic E-state index is 5.26. The molecule has 1 aromatic rings. The summed E-state index contributed by atoms with van der Waals surface area (Å²) >= 11 is 0. The Morgan fingerprint density at radius 2 is 1.50 bits per heavy atom. The number of nitrogens with one attached hydrogen (secondary N) is 1. The normalized spacial score (nSPS) is 12.6. The highest BCUT2D eigenvalue weighted by molar-refractivity contribution is 5.40. The maximum Gasteiger partial charge on any atom is 0.122 e. The fraction of sp³-hybridized carbons (Fsp3) is 0.538. The Morgan fingerprint density at radius 3 is 1.81 bits per heavy atom. The lowest BCUT2D eigenvalue weighted by atomic mass is 9.96. The van der Waals surface area contributed by atoms with E-state index in [-0.39, 0.29) is 0 Å². The van der Waals surface area contributed by atoms with Crippen LogP contribution in [0.4, 0.5) is 0 Å². The zero-order chi connectivity index (χ0) is 12.1. The molecule has 0 spiro atoms. The van der Waals surface area contributed by atoms with Gasteiger partial charge in [0.2, 0.25) is 0 Å². The summed E-state index contributed by atoms with van der Waals surface area (Å²) in [7, 11) is 5.31. The van der Waals surface area contributed by atoms with E-state index >= 15 is 0 Å². The van der Waals surface area contributed by atoms with Crippen LogP contribution >= 0.6 is 0 Å². The highest BCUT2D eigenvalue weighted by Gasteiger charge is 2.15. The average molecular weight is 223 g/mol. The molecule has 1 aromatic carbocycles. The zero-order valence-corrected chi connectivity index (χ0v) is 10.7. The summed E-state index contributed by atoms with van der Waals surface area (Å²) < 4.78 is 10.5. The van der Waals surface area contributed by atoms with Crippen molar-refractivity contribution in [2.45, 2.75) is 19.9 Å². The van der Waals surface area contributed by atoms with Gasteiger partial charge in [-0.05, 0) is 30.7 Å². The van der Waals surface area contributed by atoms with Crippen molar-refractivity contribution in [3.63, 3.8) is 0 Å². The van der Waals surface area contributed by atoms with E-state index in [2.05, 4.69) is 19.2 Å². The molecule has 1 unspecified atom stereocenters. The largest absolute Gasteiger partial charge is 0.497 e. The minimum Gasteiger partial charge on any atom is -0.497 e. The summed E-state index contributed by atoms with van der Waals surface area (Å²) in [6, 6.07) is 6.29. The highest BCUT2D eigenvalue weighted by atomic mass is 16.5. The Balaban J connectivity index is 3.10. The second kappa shape index (κ2) is 5.75. The van der Waals surface area contributed by atoms with E-state index < -0.39 is 0 Å². The van der Waals surface area contributed by atoms with E-state index in [1.54, 1.807) is 14.2 Å². The van der Waals surface area contributed by atoms with Crippen molar-refractivity contribution in [2.24, 2.45) is 5.92 Å². The number of ether oxygens (including phenoxy) is 2. The molecule has 1 rings (SSSR count). The van der Waals surface area contributed by atoms with E-state index in [4.69, 9.17) is 9.47 Å². The molecule has 0 fully saturated rings. The van der Waals surface area contributed by atoms with Gasteiger partial charge in [0, 0.05) is 12.1 Å². The van der Waals surface area contributed by atoms with Gasteiger partial charge in [-0.15, -0.1) is 0 Å². The van der Waals surface area contributed by atoms with Crippen LogP contribution in [0.15, 0.2) is 18.2 Å². The Morgan fingerprint density at radius 1 is 1.00 bits per heavy atom. The third kappa shape index (κ3) is 2.89. The summed E-state index contributed by atoms with van der Waals surface area (Å²) in [5.74, 6) is 2.17. The van der Waals surface area contributed by atoms with Gasteiger partial charge in [0.25, 0.3) is 0 Å². The molecule has 0 radical (unpaired) electrons. The van der Waals surface area contributed by atoms with Gasteiger partial charge in [0.15, 0.2) is 0 Å². The smallest absolute Gasteiger partial charge is 0.122 e. The van der Waals surface area contributed by atoms with Crippen molar-refractivity contribution in [1.82, 2.24) is 5.32 Å². The molecular weight excluding hydrogens is 202 g/mol. The van der Waals surface area contributed by atoms with Crippen molar-refractivity contribution >= 4 is 0 Å². The average Bonchev–Trinajstić information content (AvgIpc) is 2.29. The maximum absolute atomic E-state index is 5.26. The molecule has 0 aliphatic rings. The molecule has 0 heterocycles. The second-order valence-corrected chi connectivity index (χ2v) is 4.16. The molecule has 1 atom stereocenters. The molecule has 0 saturated heterocycles. The van der Waals surface area contributed by atoms with Gasteiger partial charge >= 0.3 is 0 Å². The molecule has 1 N–H and O–H groups in total. The summed E-state index contributed by atoms with van der Waals surface area (Å²) in [6.07, 6.45) is 0. The van der Waals surface area contributed by atoms with Gasteiger partial charge in [-0.25, -0.2) is 0 Å². The van der Waals surface area contributed by atoms with Gasteiger partial charge in [-0.3, -0.25) is 0 Å². The highest BCUT2D eigenvalue weighted by Crippen LogP contribution is 2.29. The predicted molar refractivity (Wildman–Crippen MR) is 66.2 cm³/mol. The Hall–Kier alpha value is -1.22. The lowest BCUT2D eigenvalue weighted by Gasteiger charge is -2.21. The fourth-order valence-corrected chi connectivity index (χ4v) is 1.89. The van der Waals surface area contributed by atoms with Crippen LogP contribution in [0.3, 0.4) is 0 Å². The number of hydrogen-bond donors (Lipinski definition) is 1. The van der Waals surface area contributed by atoms with Gasteiger partial charge in [0.05, 0.1) is 14.2 Å². The molecule has 0 aliphatic heterocycles. The van der Waals surface area contributed by atoms with Crippen molar-refractivity contribution in [1.29, 1.82) is 0 Å². The molecule has 90 valence electrons. The van der Waals surface area contributed by atoms with Crippen LogP contribution < -0.4 is 14.8 Å². The van der Waals surface area contributed by atoms with Crippen LogP contribution in [0.5, 0.6) is 11.5 Å². The van der Waals surface area contributed by atoms with Crippen molar-refractivity contribution in [3.8, 4) is 11.5 Å². The van der Waals surface area contributed by atoms with Crippen molar-refractivity contribution < 1.29 is 9.47 Å². The summed E-state index contributed by atoms with van der Waals surface area (Å²) in [4.78, 5) is 0. The quantitative estimate of drug-likeness (QED) is 0.832. The summed E-state index contributed by atoms with van der Waals surface area (Å²) in [5.41, 5.74) is 1.19. The minimum absolute atomic E-state index is 0.309. The molecule has 0 saturated carbocycles. The SMILES string of the molecule is CNC(c1cc(OC)cc(OC)c1)C(C)C. The van der Waals surface area contributed by atoms with Crippen molar-refractivity contribution in [2.75, 3.05) is 21.3 Å². The third-order valence-electron chi connectivity index (χ3n) is 2.71. The van der Waals surface area contributed by atoms with Crippen LogP contribution in [0.25, 0.3) is 0 Å². The first-order valence-corrected chi connectivity index (χ1v) is 5.52. The number of hydrogen-bond acceptors (Lipinski definition) is 3. The summed E-state index contributed by atoms with van der Waals surface area (Å²) in [5, 5.41) is 3.31. The monoisotopic (exact) mass is 223 g/mol. The van der Waals surface area contributed by atoms with E-state index in [0.29, 0.717) is 12.0 Å². The van der Waals surface area contributed by atoms with Gasteiger partial charge in [-0.2, -0.15) is 0 Å². The van der Waals surface area contributed by atoms with Crippen molar-refractivity contribution in [3.05, 3.63) is 23.8 Å². The molecule has 0 bridgehead atoms. The fourth-order valence-electron chi connectivity index (χ4n) is 1.89. The first kappa shape index (κ1) is 12.8. The second-order valence-electron chi connectivity index (χ2n) is 4.16. The Kier molecular flexibility index (Phi) is 4.62. The summed E-state index contributed by atoms with van der Waals surface area (Å²) in [6.45, 7) is 4.38. The number of benzene rings is 1. The Bertz CT molecular complexity index is 314. The van der Waals surface area contributed by atoms with Crippen LogP contribution in [0.1, 0.15) is 25.5 Å². The van der Waals surface area contributed by atoms with Crippen LogP contribution in [0.2, 0.25) is 0 Å². The van der Waals surface area contributed by atoms with E-state index in [1.165, 1.54) is 5.56 Å². The minimum atomic E-state index is 0.309. The van der Waals surface area contributed by atoms with Crippen LogP contribution in [0, 0.1) is 5.92 Å². The van der Waals surface area contributed by atoms with Crippen LogP contribution in [-0.2, 0) is 0 Å². The zero-order valence-electron chi connectivity index (χ0n) is 10.7. The van der Waals surface area contributed by atoms with E-state index in [0.717, 1.165) is 11.5 Å². The third-order valence-corrected chi connectivity index (χ3v) is 2.71. The topological polar surface area (TPSA) is 30.5 Å². The molecule has 0 amide bonds. The molecule has 0 aliphatic carbocycles. The van der Waals surface area contributed by atoms with Gasteiger partial charge < -0.3 is 14.8 Å². The van der Waals surface area contributed by atoms with E-state index in [9.17, 15) is 0 Å².